The minimum atomic E-state index is -0.494. The molecule has 1 aromatic heterocycles. The minimum Gasteiger partial charge on any atom is -0.404 e. The van der Waals surface area contributed by atoms with Crippen LogP contribution in [0.15, 0.2) is 59.9 Å². The molecule has 1 saturated heterocycles. The summed E-state index contributed by atoms with van der Waals surface area (Å²) < 4.78 is 5.50. The highest BCUT2D eigenvalue weighted by atomic mass is 35.5. The molecule has 0 radical (unpaired) electrons. The lowest BCUT2D eigenvalue weighted by Crippen LogP contribution is -2.36. The zero-order valence-electron chi connectivity index (χ0n) is 19.0. The highest BCUT2D eigenvalue weighted by Gasteiger charge is 2.21. The van der Waals surface area contributed by atoms with Gasteiger partial charge in [-0.1, -0.05) is 45.0 Å². The molecular formula is C25H31ClN4O2. The number of carbonyl (C=O) groups excluding carboxylic acids is 1. The number of rotatable bonds is 6. The second-order valence-corrected chi connectivity index (χ2v) is 9.25. The maximum absolute atomic E-state index is 12.3. The van der Waals surface area contributed by atoms with E-state index in [1.165, 1.54) is 6.20 Å². The maximum atomic E-state index is 12.3. The van der Waals surface area contributed by atoms with E-state index in [-0.39, 0.29) is 12.5 Å². The van der Waals surface area contributed by atoms with Crippen LogP contribution in [0.2, 0.25) is 0 Å². The molecule has 0 bridgehead atoms. The van der Waals surface area contributed by atoms with E-state index in [2.05, 4.69) is 27.8 Å². The molecule has 6 nitrogen and oxygen atoms in total. The molecule has 1 aliphatic rings. The van der Waals surface area contributed by atoms with Crippen LogP contribution in [0.1, 0.15) is 26.3 Å². The molecular weight excluding hydrogens is 424 g/mol. The number of halogens is 1. The van der Waals surface area contributed by atoms with E-state index in [1.807, 2.05) is 51.2 Å². The van der Waals surface area contributed by atoms with Crippen LogP contribution in [-0.4, -0.2) is 43.7 Å². The van der Waals surface area contributed by atoms with E-state index in [0.717, 1.165) is 40.8 Å². The van der Waals surface area contributed by atoms with Crippen molar-refractivity contribution in [1.29, 1.82) is 0 Å². The second kappa shape index (κ2) is 10.2. The first kappa shape index (κ1) is 23.8. The van der Waals surface area contributed by atoms with Gasteiger partial charge in [-0.2, -0.15) is 0 Å². The Labute approximate surface area is 194 Å². The van der Waals surface area contributed by atoms with Gasteiger partial charge in [0.25, 0.3) is 0 Å². The summed E-state index contributed by atoms with van der Waals surface area (Å²) in [6.07, 6.45) is 5.24. The fraction of sp³-hybridized carbons (Fsp3) is 0.360. The van der Waals surface area contributed by atoms with Gasteiger partial charge in [0.15, 0.2) is 0 Å². The monoisotopic (exact) mass is 454 g/mol. The molecule has 2 heterocycles. The van der Waals surface area contributed by atoms with Gasteiger partial charge in [-0.05, 0) is 41.0 Å². The fourth-order valence-corrected chi connectivity index (χ4v) is 3.59. The number of morpholine rings is 1. The molecule has 0 atom stereocenters. The molecule has 1 fully saturated rings. The predicted octanol–water partition coefficient (Wildman–Crippen LogP) is 4.21. The smallest absolute Gasteiger partial charge is 0.225 e. The average molecular weight is 455 g/mol. The lowest BCUT2D eigenvalue weighted by atomic mass is 9.95. The standard InChI is InChI=1S/C25H31ClN4O2/c1-17(26)20(16-29-24(31)25(2,3)4)13-19(15-27)18-5-6-22-21(14-18)23(7-8-28-22)30-9-11-32-12-10-30/h5-8,13-15H,1,9-12,16,27H2,2-4H3,(H,29,31)/b19-15+,20-13-. The number of aromatic nitrogens is 1. The summed E-state index contributed by atoms with van der Waals surface area (Å²) in [6.45, 7) is 12.8. The van der Waals surface area contributed by atoms with Gasteiger partial charge in [-0.25, -0.2) is 0 Å². The molecule has 2 aromatic rings. The molecule has 1 aromatic carbocycles. The number of carbonyl (C=O) groups is 1. The van der Waals surface area contributed by atoms with Crippen molar-refractivity contribution >= 4 is 39.7 Å². The van der Waals surface area contributed by atoms with Crippen molar-refractivity contribution in [2.45, 2.75) is 20.8 Å². The number of benzene rings is 1. The Morgan fingerprint density at radius 1 is 1.31 bits per heavy atom. The van der Waals surface area contributed by atoms with Crippen molar-refractivity contribution in [3.8, 4) is 0 Å². The van der Waals surface area contributed by atoms with E-state index < -0.39 is 5.41 Å². The predicted molar refractivity (Wildman–Crippen MR) is 132 cm³/mol. The van der Waals surface area contributed by atoms with Crippen molar-refractivity contribution < 1.29 is 9.53 Å². The molecule has 32 heavy (non-hydrogen) atoms. The summed E-state index contributed by atoms with van der Waals surface area (Å²) >= 11 is 6.24. The van der Waals surface area contributed by atoms with Gasteiger partial charge < -0.3 is 20.7 Å². The highest BCUT2D eigenvalue weighted by molar-refractivity contribution is 6.31. The number of nitrogens with one attached hydrogen (secondary N) is 1. The molecule has 0 spiro atoms. The number of nitrogens with two attached hydrogens (primary N) is 1. The summed E-state index contributed by atoms with van der Waals surface area (Å²) in [5, 5.41) is 4.32. The van der Waals surface area contributed by atoms with Gasteiger partial charge in [0.05, 0.1) is 18.7 Å². The third kappa shape index (κ3) is 5.69. The molecule has 1 aliphatic heterocycles. The van der Waals surface area contributed by atoms with Crippen molar-refractivity contribution in [2.75, 3.05) is 37.7 Å². The summed E-state index contributed by atoms with van der Waals surface area (Å²) in [7, 11) is 0. The van der Waals surface area contributed by atoms with Crippen molar-refractivity contribution in [1.82, 2.24) is 10.3 Å². The number of amides is 1. The molecule has 0 saturated carbocycles. The van der Waals surface area contributed by atoms with E-state index in [9.17, 15) is 4.79 Å². The summed E-state index contributed by atoms with van der Waals surface area (Å²) in [5.74, 6) is -0.0634. The van der Waals surface area contributed by atoms with E-state index in [4.69, 9.17) is 22.1 Å². The molecule has 0 aliphatic carbocycles. The van der Waals surface area contributed by atoms with Gasteiger partial charge in [0.2, 0.25) is 5.91 Å². The molecule has 0 unspecified atom stereocenters. The SMILES string of the molecule is C=C(Cl)/C(=C\C(=C/N)c1ccc2nccc(N3CCOCC3)c2c1)CNC(=O)C(C)(C)C. The zero-order chi connectivity index (χ0) is 23.3. The van der Waals surface area contributed by atoms with E-state index in [1.54, 1.807) is 0 Å². The van der Waals surface area contributed by atoms with Crippen molar-refractivity contribution in [3.63, 3.8) is 0 Å². The maximum Gasteiger partial charge on any atom is 0.225 e. The van der Waals surface area contributed by atoms with Crippen LogP contribution in [0.3, 0.4) is 0 Å². The number of pyridine rings is 1. The van der Waals surface area contributed by atoms with Crippen LogP contribution in [0.25, 0.3) is 16.5 Å². The molecule has 7 heteroatoms. The van der Waals surface area contributed by atoms with Gasteiger partial charge >= 0.3 is 0 Å². The number of hydrogen-bond donors (Lipinski definition) is 2. The van der Waals surface area contributed by atoms with Gasteiger partial charge in [-0.15, -0.1) is 0 Å². The lowest BCUT2D eigenvalue weighted by Gasteiger charge is -2.29. The molecule has 3 N–H and O–H groups in total. The van der Waals surface area contributed by atoms with Crippen LogP contribution in [0.4, 0.5) is 5.69 Å². The van der Waals surface area contributed by atoms with Crippen LogP contribution < -0.4 is 16.0 Å². The van der Waals surface area contributed by atoms with Gasteiger partial charge in [0, 0.05) is 53.6 Å². The number of hydrogen-bond acceptors (Lipinski definition) is 5. The van der Waals surface area contributed by atoms with Crippen LogP contribution in [0, 0.1) is 5.41 Å². The lowest BCUT2D eigenvalue weighted by molar-refractivity contribution is -0.128. The average Bonchev–Trinajstić information content (AvgIpc) is 2.78. The first-order valence-electron chi connectivity index (χ1n) is 10.7. The zero-order valence-corrected chi connectivity index (χ0v) is 19.7. The third-order valence-electron chi connectivity index (χ3n) is 5.38. The number of ether oxygens (including phenoxy) is 1. The molecule has 1 amide bonds. The highest BCUT2D eigenvalue weighted by Crippen LogP contribution is 2.30. The fourth-order valence-electron chi connectivity index (χ4n) is 3.47. The second-order valence-electron chi connectivity index (χ2n) is 8.79. The van der Waals surface area contributed by atoms with Crippen LogP contribution >= 0.6 is 11.6 Å². The summed E-state index contributed by atoms with van der Waals surface area (Å²) in [5.41, 5.74) is 9.95. The Hall–Kier alpha value is -2.83. The Morgan fingerprint density at radius 2 is 2.03 bits per heavy atom. The van der Waals surface area contributed by atoms with Crippen molar-refractivity contribution in [3.05, 3.63) is 65.5 Å². The topological polar surface area (TPSA) is 80.5 Å². The third-order valence-corrected chi connectivity index (χ3v) is 5.62. The Kier molecular flexibility index (Phi) is 7.59. The van der Waals surface area contributed by atoms with Crippen molar-refractivity contribution in [2.24, 2.45) is 11.1 Å². The van der Waals surface area contributed by atoms with Gasteiger partial charge in [0.1, 0.15) is 0 Å². The Balaban J connectivity index is 1.94. The number of allylic oxidation sites excluding steroid dienone is 2. The minimum absolute atomic E-state index is 0.0634. The molecule has 3 rings (SSSR count). The largest absolute Gasteiger partial charge is 0.404 e. The van der Waals surface area contributed by atoms with Crippen LogP contribution in [0.5, 0.6) is 0 Å². The first-order chi connectivity index (χ1) is 15.2. The number of anilines is 1. The van der Waals surface area contributed by atoms with Gasteiger partial charge in [-0.3, -0.25) is 9.78 Å². The Morgan fingerprint density at radius 3 is 2.66 bits per heavy atom. The number of nitrogens with zero attached hydrogens (tertiary/aromatic N) is 2. The summed E-state index contributed by atoms with van der Waals surface area (Å²) in [4.78, 5) is 19.1. The van der Waals surface area contributed by atoms with Crippen LogP contribution in [-0.2, 0) is 9.53 Å². The van der Waals surface area contributed by atoms with E-state index >= 15 is 0 Å². The Bertz CT molecular complexity index is 1060. The molecule has 170 valence electrons. The normalized spacial score (nSPS) is 15.7. The first-order valence-corrected chi connectivity index (χ1v) is 11.1. The summed E-state index contributed by atoms with van der Waals surface area (Å²) in [6, 6.07) is 8.09. The quantitative estimate of drug-likeness (QED) is 0.639. The van der Waals surface area contributed by atoms with E-state index in [0.29, 0.717) is 23.8 Å². The number of fused-ring (bicyclic) bond motifs is 1.